The summed E-state index contributed by atoms with van der Waals surface area (Å²) in [6, 6.07) is 23.0. The molecule has 0 bridgehead atoms. The molecule has 0 radical (unpaired) electrons. The van der Waals surface area contributed by atoms with Gasteiger partial charge in [0.25, 0.3) is 0 Å². The number of piperidine rings is 2. The molecular formula is C28H44N4O. The highest BCUT2D eigenvalue weighted by atomic mass is 16.1. The van der Waals surface area contributed by atoms with E-state index in [0.29, 0.717) is 17.9 Å². The van der Waals surface area contributed by atoms with E-state index >= 15 is 0 Å². The summed E-state index contributed by atoms with van der Waals surface area (Å²) in [7, 11) is 3.57. The summed E-state index contributed by atoms with van der Waals surface area (Å²) in [5, 5.41) is 3.38. The number of likely N-dealkylation sites (tertiary alicyclic amines) is 2. The molecule has 3 N–H and O–H groups in total. The molecule has 0 amide bonds. The summed E-state index contributed by atoms with van der Waals surface area (Å²) in [6.45, 7) is 8.77. The van der Waals surface area contributed by atoms with E-state index in [-0.39, 0.29) is 0 Å². The van der Waals surface area contributed by atoms with Gasteiger partial charge in [0.05, 0.1) is 0 Å². The topological polar surface area (TPSA) is 61.6 Å². The van der Waals surface area contributed by atoms with Crippen LogP contribution < -0.4 is 11.1 Å². The third-order valence-corrected chi connectivity index (χ3v) is 6.95. The minimum absolute atomic E-state index is 0.409. The number of rotatable bonds is 5. The molecule has 2 fully saturated rings. The van der Waals surface area contributed by atoms with Gasteiger partial charge >= 0.3 is 0 Å². The summed E-state index contributed by atoms with van der Waals surface area (Å²) in [6.07, 6.45) is 3.98. The molecule has 4 rings (SSSR count). The van der Waals surface area contributed by atoms with Crippen LogP contribution in [0.3, 0.4) is 0 Å². The van der Waals surface area contributed by atoms with E-state index in [9.17, 15) is 4.79 Å². The van der Waals surface area contributed by atoms with Gasteiger partial charge < -0.3 is 11.1 Å². The zero-order chi connectivity index (χ0) is 24.1. The van der Waals surface area contributed by atoms with Crippen molar-refractivity contribution >= 4 is 5.78 Å². The van der Waals surface area contributed by atoms with E-state index in [1.807, 2.05) is 6.07 Å². The predicted molar refractivity (Wildman–Crippen MR) is 139 cm³/mol. The number of hydrogen-bond donors (Lipinski definition) is 2. The van der Waals surface area contributed by atoms with E-state index in [4.69, 9.17) is 0 Å². The SMILES string of the molecule is CC(c1ccccc1)N1CCC(=O)CC1.CN.CNC1CCN(C(C)c2ccccc2)CC1. The molecule has 2 aromatic rings. The first kappa shape index (κ1) is 27.2. The Balaban J connectivity index is 0.000000218. The average Bonchev–Trinajstić information content (AvgIpc) is 2.91. The lowest BCUT2D eigenvalue weighted by atomic mass is 10.0. The van der Waals surface area contributed by atoms with Crippen molar-refractivity contribution in [3.05, 3.63) is 71.8 Å². The maximum absolute atomic E-state index is 11.1. The van der Waals surface area contributed by atoms with Gasteiger partial charge in [0.2, 0.25) is 0 Å². The largest absolute Gasteiger partial charge is 0.333 e. The van der Waals surface area contributed by atoms with Gasteiger partial charge in [-0.15, -0.1) is 0 Å². The van der Waals surface area contributed by atoms with Gasteiger partial charge in [-0.25, -0.2) is 0 Å². The monoisotopic (exact) mass is 452 g/mol. The Morgan fingerprint density at radius 2 is 1.15 bits per heavy atom. The Bertz CT molecular complexity index is 765. The van der Waals surface area contributed by atoms with E-state index in [1.165, 1.54) is 44.1 Å². The first-order valence-corrected chi connectivity index (χ1v) is 12.4. The van der Waals surface area contributed by atoms with E-state index in [0.717, 1.165) is 32.0 Å². The van der Waals surface area contributed by atoms with E-state index < -0.39 is 0 Å². The molecule has 2 saturated heterocycles. The molecule has 2 aliphatic rings. The molecule has 5 nitrogen and oxygen atoms in total. The van der Waals surface area contributed by atoms with Crippen LogP contribution in [0.5, 0.6) is 0 Å². The molecule has 0 spiro atoms. The Morgan fingerprint density at radius 1 is 0.758 bits per heavy atom. The minimum Gasteiger partial charge on any atom is -0.333 e. The molecule has 2 heterocycles. The lowest BCUT2D eigenvalue weighted by Crippen LogP contribution is -2.42. The molecule has 0 saturated carbocycles. The van der Waals surface area contributed by atoms with Crippen LogP contribution in [0.25, 0.3) is 0 Å². The maximum atomic E-state index is 11.1. The second-order valence-electron chi connectivity index (χ2n) is 8.85. The van der Waals surface area contributed by atoms with E-state index in [2.05, 4.69) is 96.3 Å². The predicted octanol–water partition coefficient (Wildman–Crippen LogP) is 4.42. The lowest BCUT2D eigenvalue weighted by molar-refractivity contribution is -0.121. The second kappa shape index (κ2) is 15.0. The molecule has 182 valence electrons. The van der Waals surface area contributed by atoms with Crippen molar-refractivity contribution in [3.63, 3.8) is 0 Å². The van der Waals surface area contributed by atoms with Crippen LogP contribution in [0.2, 0.25) is 0 Å². The maximum Gasteiger partial charge on any atom is 0.135 e. The van der Waals surface area contributed by atoms with Crippen molar-refractivity contribution in [2.24, 2.45) is 5.73 Å². The zero-order valence-corrected chi connectivity index (χ0v) is 21.0. The Kier molecular flexibility index (Phi) is 12.3. The van der Waals surface area contributed by atoms with Gasteiger partial charge in [-0.05, 0) is 51.9 Å². The van der Waals surface area contributed by atoms with Gasteiger partial charge in [0.15, 0.2) is 0 Å². The summed E-state index contributed by atoms with van der Waals surface area (Å²) < 4.78 is 0. The number of ketones is 1. The van der Waals surface area contributed by atoms with Crippen molar-refractivity contribution in [2.45, 2.75) is 57.7 Å². The summed E-state index contributed by atoms with van der Waals surface area (Å²) in [4.78, 5) is 16.1. The third kappa shape index (κ3) is 8.67. The van der Waals surface area contributed by atoms with Crippen LogP contribution in [0.1, 0.15) is 62.7 Å². The van der Waals surface area contributed by atoms with Crippen molar-refractivity contribution in [1.82, 2.24) is 15.1 Å². The number of nitrogens with one attached hydrogen (secondary N) is 1. The summed E-state index contributed by atoms with van der Waals surface area (Å²) in [5.41, 5.74) is 7.28. The standard InChI is InChI=1S/C14H22N2.C13H17NO.CH5N/c1-12(13-6-4-3-5-7-13)16-10-8-14(15-2)9-11-16;1-11(12-5-3-2-4-6-12)14-9-7-13(15)8-10-14;1-2/h3-7,12,14-15H,8-11H2,1-2H3;2-6,11H,7-10H2,1H3;2H2,1H3. The quantitative estimate of drug-likeness (QED) is 0.703. The number of Topliss-reactive ketones (excluding diaryl/α,β-unsaturated/α-hetero) is 1. The van der Waals surface area contributed by atoms with Crippen molar-refractivity contribution in [1.29, 1.82) is 0 Å². The van der Waals surface area contributed by atoms with Crippen LogP contribution in [0.4, 0.5) is 0 Å². The highest BCUT2D eigenvalue weighted by Crippen LogP contribution is 2.24. The van der Waals surface area contributed by atoms with Gasteiger partial charge in [-0.3, -0.25) is 14.6 Å². The fourth-order valence-electron chi connectivity index (χ4n) is 4.62. The van der Waals surface area contributed by atoms with Gasteiger partial charge in [-0.2, -0.15) is 0 Å². The summed E-state index contributed by atoms with van der Waals surface area (Å²) in [5.74, 6) is 0.409. The fraction of sp³-hybridized carbons (Fsp3) is 0.536. The first-order chi connectivity index (χ1) is 16.1. The molecule has 0 aliphatic carbocycles. The van der Waals surface area contributed by atoms with Crippen LogP contribution in [0.15, 0.2) is 60.7 Å². The summed E-state index contributed by atoms with van der Waals surface area (Å²) >= 11 is 0. The Morgan fingerprint density at radius 3 is 1.55 bits per heavy atom. The zero-order valence-electron chi connectivity index (χ0n) is 21.0. The number of hydrogen-bond acceptors (Lipinski definition) is 5. The number of benzene rings is 2. The number of carbonyl (C=O) groups is 1. The fourth-order valence-corrected chi connectivity index (χ4v) is 4.62. The number of nitrogens with two attached hydrogens (primary N) is 1. The smallest absolute Gasteiger partial charge is 0.135 e. The third-order valence-electron chi connectivity index (χ3n) is 6.95. The normalized spacial score (nSPS) is 19.5. The van der Waals surface area contributed by atoms with Crippen LogP contribution >= 0.6 is 0 Å². The average molecular weight is 453 g/mol. The molecule has 2 aliphatic heterocycles. The van der Waals surface area contributed by atoms with Gasteiger partial charge in [0.1, 0.15) is 5.78 Å². The number of nitrogens with zero attached hydrogens (tertiary/aromatic N) is 2. The van der Waals surface area contributed by atoms with E-state index in [1.54, 1.807) is 0 Å². The molecule has 2 aromatic carbocycles. The molecular weight excluding hydrogens is 408 g/mol. The van der Waals surface area contributed by atoms with Crippen molar-refractivity contribution in [2.75, 3.05) is 40.3 Å². The van der Waals surface area contributed by atoms with Gasteiger partial charge in [0, 0.05) is 57.1 Å². The van der Waals surface area contributed by atoms with Crippen LogP contribution in [-0.2, 0) is 4.79 Å². The highest BCUT2D eigenvalue weighted by molar-refractivity contribution is 5.79. The molecule has 2 unspecified atom stereocenters. The lowest BCUT2D eigenvalue weighted by Gasteiger charge is -2.36. The molecule has 33 heavy (non-hydrogen) atoms. The Labute approximate surface area is 201 Å². The minimum atomic E-state index is 0.409. The van der Waals surface area contributed by atoms with Crippen molar-refractivity contribution in [3.8, 4) is 0 Å². The second-order valence-corrected chi connectivity index (χ2v) is 8.85. The Hall–Kier alpha value is -2.05. The first-order valence-electron chi connectivity index (χ1n) is 12.4. The van der Waals surface area contributed by atoms with Gasteiger partial charge in [-0.1, -0.05) is 60.7 Å². The molecule has 2 atom stereocenters. The molecule has 5 heteroatoms. The molecule has 0 aromatic heterocycles. The van der Waals surface area contributed by atoms with Crippen LogP contribution in [-0.4, -0.2) is 61.9 Å². The van der Waals surface area contributed by atoms with Crippen molar-refractivity contribution < 1.29 is 4.79 Å². The highest BCUT2D eigenvalue weighted by Gasteiger charge is 2.22. The van der Waals surface area contributed by atoms with Crippen LogP contribution in [0, 0.1) is 0 Å². The number of carbonyl (C=O) groups excluding carboxylic acids is 1.